The smallest absolute Gasteiger partial charge is 0.361 e. The Hall–Kier alpha value is -4.57. The molecule has 0 saturated carbocycles. The second-order valence-electron chi connectivity index (χ2n) is 22.3. The van der Waals surface area contributed by atoms with Crippen molar-refractivity contribution >= 4 is 17.9 Å². The number of carboxylic acid groups (broad SMARTS) is 1. The van der Waals surface area contributed by atoms with Gasteiger partial charge >= 0.3 is 17.9 Å². The SMILES string of the molecule is CC/C=C\C/C=C\C/C=C\C/C=C\C/C=C\C/C=C\C/C=C\CCCCCCCCCCCCCCCCCCCC(=O)OC(COC(=O)CCCCCC/C=C\C/C=C\C/C=C\C/C=C\CC)COC(OCC[N+](C)(C)C)C(=O)O. The molecule has 1 N–H and O–H groups in total. The monoisotopic (exact) mass is 1130 g/mol. The Kier molecular flexibility index (Phi) is 58.0. The number of allylic oxidation sites excluding steroid dienone is 22. The quantitative estimate of drug-likeness (QED) is 0.0211. The van der Waals surface area contributed by atoms with Gasteiger partial charge in [-0.2, -0.15) is 0 Å². The summed E-state index contributed by atoms with van der Waals surface area (Å²) in [5.41, 5.74) is 0. The van der Waals surface area contributed by atoms with E-state index in [1.165, 1.54) is 89.9 Å². The van der Waals surface area contributed by atoms with E-state index in [9.17, 15) is 19.5 Å². The van der Waals surface area contributed by atoms with Crippen molar-refractivity contribution in [2.75, 3.05) is 47.5 Å². The van der Waals surface area contributed by atoms with Crippen molar-refractivity contribution in [2.24, 2.45) is 0 Å². The first-order chi connectivity index (χ1) is 39.6. The maximum atomic E-state index is 12.9. The number of ether oxygens (including phenoxy) is 4. The molecule has 0 spiro atoms. The van der Waals surface area contributed by atoms with Crippen LogP contribution in [0.5, 0.6) is 0 Å². The third-order valence-electron chi connectivity index (χ3n) is 13.4. The molecule has 0 aliphatic carbocycles. The summed E-state index contributed by atoms with van der Waals surface area (Å²) in [6, 6.07) is 0. The first-order valence-corrected chi connectivity index (χ1v) is 32.3. The highest BCUT2D eigenvalue weighted by atomic mass is 16.7. The van der Waals surface area contributed by atoms with Gasteiger partial charge in [0.25, 0.3) is 6.29 Å². The molecule has 0 aromatic heterocycles. The Balaban J connectivity index is 4.09. The Morgan fingerprint density at radius 2 is 0.667 bits per heavy atom. The number of carbonyl (C=O) groups is 3. The molecular weight excluding hydrogens is 1010 g/mol. The Labute approximate surface area is 497 Å². The molecule has 0 rings (SSSR count). The molecule has 0 saturated heterocycles. The van der Waals surface area contributed by atoms with E-state index in [0.29, 0.717) is 23.9 Å². The minimum atomic E-state index is -1.52. The van der Waals surface area contributed by atoms with E-state index >= 15 is 0 Å². The normalized spacial score (nSPS) is 13.6. The fourth-order valence-electron chi connectivity index (χ4n) is 8.51. The molecule has 9 heteroatoms. The number of likely N-dealkylation sites (N-methyl/N-ethyl adjacent to an activating group) is 1. The van der Waals surface area contributed by atoms with Crippen LogP contribution in [0.25, 0.3) is 0 Å². The van der Waals surface area contributed by atoms with E-state index in [0.717, 1.165) is 116 Å². The van der Waals surface area contributed by atoms with Crippen LogP contribution in [-0.2, 0) is 33.3 Å². The lowest BCUT2D eigenvalue weighted by Crippen LogP contribution is -2.40. The number of esters is 2. The van der Waals surface area contributed by atoms with Gasteiger partial charge in [-0.15, -0.1) is 0 Å². The molecule has 0 aromatic rings. The first kappa shape index (κ1) is 76.4. The maximum Gasteiger partial charge on any atom is 0.361 e. The van der Waals surface area contributed by atoms with Gasteiger partial charge in [-0.25, -0.2) is 4.79 Å². The van der Waals surface area contributed by atoms with Crippen LogP contribution in [-0.4, -0.2) is 87.4 Å². The van der Waals surface area contributed by atoms with Crippen LogP contribution in [0.3, 0.4) is 0 Å². The van der Waals surface area contributed by atoms with Crippen molar-refractivity contribution in [3.8, 4) is 0 Å². The number of nitrogens with zero attached hydrogens (tertiary/aromatic N) is 1. The largest absolute Gasteiger partial charge is 0.477 e. The minimum absolute atomic E-state index is 0.178. The third-order valence-corrected chi connectivity index (χ3v) is 13.4. The molecule has 0 amide bonds. The van der Waals surface area contributed by atoms with E-state index in [-0.39, 0.29) is 38.6 Å². The third kappa shape index (κ3) is 62.9. The number of quaternary nitrogens is 1. The van der Waals surface area contributed by atoms with E-state index in [2.05, 4.69) is 148 Å². The highest BCUT2D eigenvalue weighted by molar-refractivity contribution is 5.71. The number of hydrogen-bond acceptors (Lipinski definition) is 7. The number of unbranched alkanes of at least 4 members (excludes halogenated alkanes) is 21. The zero-order valence-electron chi connectivity index (χ0n) is 52.4. The number of hydrogen-bond donors (Lipinski definition) is 1. The van der Waals surface area contributed by atoms with Crippen LogP contribution in [0.2, 0.25) is 0 Å². The fraction of sp³-hybridized carbons (Fsp3) is 0.653. The van der Waals surface area contributed by atoms with Crippen molar-refractivity contribution < 1.29 is 42.9 Å². The molecule has 0 aromatic carbocycles. The summed E-state index contributed by atoms with van der Waals surface area (Å²) in [6.07, 6.45) is 85.6. The van der Waals surface area contributed by atoms with Gasteiger partial charge in [0.2, 0.25) is 0 Å². The van der Waals surface area contributed by atoms with Crippen LogP contribution in [0.15, 0.2) is 134 Å². The lowest BCUT2D eigenvalue weighted by molar-refractivity contribution is -0.870. The van der Waals surface area contributed by atoms with Crippen molar-refractivity contribution in [2.45, 2.75) is 257 Å². The maximum absolute atomic E-state index is 12.9. The van der Waals surface area contributed by atoms with Crippen molar-refractivity contribution in [3.63, 3.8) is 0 Å². The van der Waals surface area contributed by atoms with Gasteiger partial charge in [0.05, 0.1) is 34.4 Å². The molecular formula is C72H120NO8+. The van der Waals surface area contributed by atoms with Crippen LogP contribution in [0.4, 0.5) is 0 Å². The summed E-state index contributed by atoms with van der Waals surface area (Å²) in [6.45, 7) is 4.61. The van der Waals surface area contributed by atoms with Gasteiger partial charge in [0.15, 0.2) is 6.10 Å². The van der Waals surface area contributed by atoms with Gasteiger partial charge in [-0.05, 0) is 109 Å². The Morgan fingerprint density at radius 3 is 0.988 bits per heavy atom. The summed E-state index contributed by atoms with van der Waals surface area (Å²) in [4.78, 5) is 37.5. The molecule has 0 aliphatic heterocycles. The number of rotatable bonds is 58. The van der Waals surface area contributed by atoms with Crippen LogP contribution < -0.4 is 0 Å². The average Bonchev–Trinajstić information content (AvgIpc) is 3.44. The van der Waals surface area contributed by atoms with Crippen LogP contribution >= 0.6 is 0 Å². The zero-order chi connectivity index (χ0) is 59.1. The van der Waals surface area contributed by atoms with Crippen LogP contribution in [0, 0.1) is 0 Å². The lowest BCUT2D eigenvalue weighted by Gasteiger charge is -2.25. The van der Waals surface area contributed by atoms with Crippen molar-refractivity contribution in [1.82, 2.24) is 0 Å². The van der Waals surface area contributed by atoms with E-state index in [1.54, 1.807) is 0 Å². The van der Waals surface area contributed by atoms with Gasteiger partial charge in [-0.3, -0.25) is 9.59 Å². The highest BCUT2D eigenvalue weighted by Gasteiger charge is 2.25. The van der Waals surface area contributed by atoms with Gasteiger partial charge in [-0.1, -0.05) is 257 Å². The topological polar surface area (TPSA) is 108 Å². The summed E-state index contributed by atoms with van der Waals surface area (Å²) in [5, 5.41) is 9.72. The summed E-state index contributed by atoms with van der Waals surface area (Å²) in [7, 11) is 5.96. The van der Waals surface area contributed by atoms with Crippen LogP contribution in [0.1, 0.15) is 245 Å². The standard InChI is InChI=1S/C72H119NO8/c1-6-8-10-12-14-16-18-20-22-24-25-26-27-28-29-30-31-32-33-34-35-36-37-38-39-40-41-42-43-44-45-47-49-51-53-55-57-59-61-63-70(75)81-68(67-80-72(71(76)77)78-65-64-73(3,4)5)66-79-69(74)62-60-58-56-54-52-50-48-46-23-21-19-17-15-13-11-9-7-2/h8-11,14-17,20-23,25-26,28-29,31-32,34-35,48,50,68,72H,6-7,12-13,18-19,24,27,30,33,36-47,49,51-67H2,1-5H3/p+1/b10-8-,11-9-,16-14-,17-15-,22-20-,23-21-,26-25-,29-28-,32-31-,35-34-,50-48-. The van der Waals surface area contributed by atoms with E-state index in [1.807, 2.05) is 21.1 Å². The Morgan fingerprint density at radius 1 is 0.370 bits per heavy atom. The van der Waals surface area contributed by atoms with E-state index < -0.39 is 24.3 Å². The molecule has 0 heterocycles. The molecule has 2 unspecified atom stereocenters. The van der Waals surface area contributed by atoms with Gasteiger partial charge in [0.1, 0.15) is 13.2 Å². The second kappa shape index (κ2) is 61.5. The van der Waals surface area contributed by atoms with Crippen molar-refractivity contribution in [1.29, 1.82) is 0 Å². The lowest BCUT2D eigenvalue weighted by atomic mass is 10.0. The molecule has 9 nitrogen and oxygen atoms in total. The fourth-order valence-corrected chi connectivity index (χ4v) is 8.51. The van der Waals surface area contributed by atoms with E-state index in [4.69, 9.17) is 18.9 Å². The molecule has 0 radical (unpaired) electrons. The molecule has 0 aliphatic rings. The first-order valence-electron chi connectivity index (χ1n) is 32.3. The number of aliphatic carboxylic acids is 1. The second-order valence-corrected chi connectivity index (χ2v) is 22.3. The molecule has 2 atom stereocenters. The molecule has 81 heavy (non-hydrogen) atoms. The predicted octanol–water partition coefficient (Wildman–Crippen LogP) is 19.8. The van der Waals surface area contributed by atoms with Gasteiger partial charge in [0, 0.05) is 12.8 Å². The summed E-state index contributed by atoms with van der Waals surface area (Å²) >= 11 is 0. The summed E-state index contributed by atoms with van der Waals surface area (Å²) < 4.78 is 22.9. The molecule has 0 bridgehead atoms. The van der Waals surface area contributed by atoms with Crippen molar-refractivity contribution in [3.05, 3.63) is 134 Å². The van der Waals surface area contributed by atoms with Gasteiger partial charge < -0.3 is 28.5 Å². The summed E-state index contributed by atoms with van der Waals surface area (Å²) in [5.74, 6) is -2.04. The average molecular weight is 1130 g/mol. The number of carboxylic acids is 1. The predicted molar refractivity (Wildman–Crippen MR) is 345 cm³/mol. The molecule has 0 fully saturated rings. The minimum Gasteiger partial charge on any atom is -0.477 e. The highest BCUT2D eigenvalue weighted by Crippen LogP contribution is 2.16. The molecule has 460 valence electrons. The Bertz CT molecular complexity index is 1790. The zero-order valence-corrected chi connectivity index (χ0v) is 52.4. The number of carbonyl (C=O) groups excluding carboxylic acids is 2.